The molecule has 0 aromatic heterocycles. The molecule has 1 amide bonds. The molecule has 0 aliphatic heterocycles. The van der Waals surface area contributed by atoms with Crippen molar-refractivity contribution < 1.29 is 13.2 Å². The number of sulfonamides is 1. The molecule has 0 saturated carbocycles. The maximum Gasteiger partial charge on any atom is 0.251 e. The van der Waals surface area contributed by atoms with Crippen molar-refractivity contribution in [2.75, 3.05) is 17.1 Å². The van der Waals surface area contributed by atoms with Gasteiger partial charge in [0.1, 0.15) is 0 Å². The second-order valence-corrected chi connectivity index (χ2v) is 10.4. The van der Waals surface area contributed by atoms with E-state index in [1.165, 1.54) is 10.4 Å². The summed E-state index contributed by atoms with van der Waals surface area (Å²) in [4.78, 5) is 12.5. The highest BCUT2D eigenvalue weighted by molar-refractivity contribution is 7.92. The molecule has 0 saturated heterocycles. The SMILES string of the molecule is CCCC[C@H](CC)CNC(=O)c1ccc(CN(c2cc(Cl)ccc2Cl)S(C)(=O)=O)cc1. The number of hydrogen-bond donors (Lipinski definition) is 1. The lowest BCUT2D eigenvalue weighted by molar-refractivity contribution is 0.0946. The van der Waals surface area contributed by atoms with E-state index >= 15 is 0 Å². The molecule has 2 aromatic carbocycles. The quantitative estimate of drug-likeness (QED) is 0.431. The van der Waals surface area contributed by atoms with E-state index in [0.717, 1.165) is 37.5 Å². The molecule has 0 spiro atoms. The number of anilines is 1. The Labute approximate surface area is 195 Å². The predicted octanol–water partition coefficient (Wildman–Crippen LogP) is 5.91. The predicted molar refractivity (Wildman–Crippen MR) is 130 cm³/mol. The van der Waals surface area contributed by atoms with Gasteiger partial charge in [0.15, 0.2) is 0 Å². The fourth-order valence-corrected chi connectivity index (χ4v) is 4.60. The van der Waals surface area contributed by atoms with Crippen LogP contribution in [0.1, 0.15) is 55.5 Å². The molecule has 170 valence electrons. The van der Waals surface area contributed by atoms with Gasteiger partial charge >= 0.3 is 0 Å². The Hall–Kier alpha value is -1.76. The zero-order valence-corrected chi connectivity index (χ0v) is 20.5. The largest absolute Gasteiger partial charge is 0.352 e. The molecule has 2 rings (SSSR count). The first-order chi connectivity index (χ1) is 14.7. The van der Waals surface area contributed by atoms with Crippen molar-refractivity contribution in [3.8, 4) is 0 Å². The summed E-state index contributed by atoms with van der Waals surface area (Å²) in [5.74, 6) is 0.355. The number of nitrogens with one attached hydrogen (secondary N) is 1. The number of rotatable bonds is 11. The van der Waals surface area contributed by atoms with Gasteiger partial charge < -0.3 is 5.32 Å². The lowest BCUT2D eigenvalue weighted by Crippen LogP contribution is -2.30. The first-order valence-corrected chi connectivity index (χ1v) is 13.1. The third-order valence-corrected chi connectivity index (χ3v) is 6.90. The van der Waals surface area contributed by atoms with Gasteiger partial charge in [0.05, 0.1) is 23.5 Å². The van der Waals surface area contributed by atoms with Gasteiger partial charge in [-0.3, -0.25) is 9.10 Å². The van der Waals surface area contributed by atoms with Crippen LogP contribution in [-0.2, 0) is 16.6 Å². The highest BCUT2D eigenvalue weighted by atomic mass is 35.5. The van der Waals surface area contributed by atoms with Crippen molar-refractivity contribution in [2.24, 2.45) is 5.92 Å². The lowest BCUT2D eigenvalue weighted by Gasteiger charge is -2.24. The summed E-state index contributed by atoms with van der Waals surface area (Å²) < 4.78 is 26.0. The van der Waals surface area contributed by atoms with Crippen molar-refractivity contribution in [3.05, 3.63) is 63.6 Å². The van der Waals surface area contributed by atoms with Gasteiger partial charge in [-0.25, -0.2) is 8.42 Å². The molecule has 0 unspecified atom stereocenters. The minimum absolute atomic E-state index is 0.0791. The molecule has 0 aliphatic carbocycles. The van der Waals surface area contributed by atoms with Crippen molar-refractivity contribution in [1.82, 2.24) is 5.32 Å². The fraction of sp³-hybridized carbons (Fsp3) is 0.435. The summed E-state index contributed by atoms with van der Waals surface area (Å²) in [6, 6.07) is 11.6. The number of nitrogens with zero attached hydrogens (tertiary/aromatic N) is 1. The van der Waals surface area contributed by atoms with Crippen LogP contribution in [-0.4, -0.2) is 27.1 Å². The molecular weight excluding hydrogens is 455 g/mol. The van der Waals surface area contributed by atoms with Gasteiger partial charge in [-0.1, -0.05) is 68.4 Å². The van der Waals surface area contributed by atoms with Gasteiger partial charge in [-0.15, -0.1) is 0 Å². The number of hydrogen-bond acceptors (Lipinski definition) is 3. The van der Waals surface area contributed by atoms with E-state index in [9.17, 15) is 13.2 Å². The van der Waals surface area contributed by atoms with Crippen LogP contribution in [0.2, 0.25) is 10.0 Å². The average molecular weight is 485 g/mol. The number of halogens is 2. The van der Waals surface area contributed by atoms with Crippen molar-refractivity contribution in [3.63, 3.8) is 0 Å². The average Bonchev–Trinajstić information content (AvgIpc) is 2.73. The zero-order valence-electron chi connectivity index (χ0n) is 18.2. The lowest BCUT2D eigenvalue weighted by atomic mass is 9.99. The van der Waals surface area contributed by atoms with Crippen LogP contribution in [0.15, 0.2) is 42.5 Å². The Bertz CT molecular complexity index is 979. The van der Waals surface area contributed by atoms with E-state index in [1.54, 1.807) is 36.4 Å². The molecule has 0 bridgehead atoms. The van der Waals surface area contributed by atoms with Crippen molar-refractivity contribution >= 4 is 44.8 Å². The van der Waals surface area contributed by atoms with Crippen LogP contribution < -0.4 is 9.62 Å². The summed E-state index contributed by atoms with van der Waals surface area (Å²) in [6.45, 7) is 5.04. The Morgan fingerprint density at radius 1 is 1.10 bits per heavy atom. The maximum atomic E-state index is 12.5. The Morgan fingerprint density at radius 3 is 2.35 bits per heavy atom. The standard InChI is InChI=1S/C23H30Cl2N2O3S/c1-4-6-7-17(5-2)15-26-23(28)19-10-8-18(9-11-19)16-27(31(3,29)30)22-14-20(24)12-13-21(22)25/h8-14,17H,4-7,15-16H2,1-3H3,(H,26,28)/t17-/m0/s1. The number of carbonyl (C=O) groups is 1. The minimum Gasteiger partial charge on any atom is -0.352 e. The van der Waals surface area contributed by atoms with E-state index < -0.39 is 10.0 Å². The number of carbonyl (C=O) groups excluding carboxylic acids is 1. The normalized spacial score (nSPS) is 12.4. The second kappa shape index (κ2) is 11.7. The first-order valence-electron chi connectivity index (χ1n) is 10.5. The molecule has 0 aliphatic rings. The first kappa shape index (κ1) is 25.5. The van der Waals surface area contributed by atoms with Crippen molar-refractivity contribution in [1.29, 1.82) is 0 Å². The van der Waals surface area contributed by atoms with Gasteiger partial charge in [-0.05, 0) is 48.2 Å². The second-order valence-electron chi connectivity index (χ2n) is 7.69. The third-order valence-electron chi connectivity index (χ3n) is 5.21. The smallest absolute Gasteiger partial charge is 0.251 e. The van der Waals surface area contributed by atoms with Crippen LogP contribution in [0.5, 0.6) is 0 Å². The maximum absolute atomic E-state index is 12.5. The molecule has 8 heteroatoms. The highest BCUT2D eigenvalue weighted by Crippen LogP contribution is 2.31. The Morgan fingerprint density at radius 2 is 1.77 bits per heavy atom. The number of amides is 1. The van der Waals surface area contributed by atoms with E-state index in [-0.39, 0.29) is 12.5 Å². The summed E-state index contributed by atoms with van der Waals surface area (Å²) >= 11 is 12.3. The van der Waals surface area contributed by atoms with E-state index in [2.05, 4.69) is 19.2 Å². The minimum atomic E-state index is -3.60. The molecule has 1 N–H and O–H groups in total. The molecule has 31 heavy (non-hydrogen) atoms. The summed E-state index contributed by atoms with van der Waals surface area (Å²) in [7, 11) is -3.60. The molecule has 5 nitrogen and oxygen atoms in total. The van der Waals surface area contributed by atoms with E-state index in [1.807, 2.05) is 0 Å². The molecule has 0 fully saturated rings. The summed E-state index contributed by atoms with van der Waals surface area (Å²) in [5, 5.41) is 3.69. The van der Waals surface area contributed by atoms with Crippen LogP contribution in [0.4, 0.5) is 5.69 Å². The third kappa shape index (κ3) is 7.70. The van der Waals surface area contributed by atoms with Crippen LogP contribution in [0.3, 0.4) is 0 Å². The van der Waals surface area contributed by atoms with Crippen molar-refractivity contribution in [2.45, 2.75) is 46.1 Å². The highest BCUT2D eigenvalue weighted by Gasteiger charge is 2.21. The Balaban J connectivity index is 2.11. The monoisotopic (exact) mass is 484 g/mol. The number of unbranched alkanes of at least 4 members (excludes halogenated alkanes) is 1. The molecule has 2 aromatic rings. The van der Waals surface area contributed by atoms with Crippen LogP contribution >= 0.6 is 23.2 Å². The van der Waals surface area contributed by atoms with Crippen LogP contribution in [0.25, 0.3) is 0 Å². The summed E-state index contributed by atoms with van der Waals surface area (Å²) in [5.41, 5.74) is 1.59. The van der Waals surface area contributed by atoms with Gasteiger partial charge in [-0.2, -0.15) is 0 Å². The Kier molecular flexibility index (Phi) is 9.66. The zero-order chi connectivity index (χ0) is 23.0. The molecule has 0 heterocycles. The van der Waals surface area contributed by atoms with Gasteiger partial charge in [0.25, 0.3) is 5.91 Å². The molecular formula is C23H30Cl2N2O3S. The van der Waals surface area contributed by atoms with Gasteiger partial charge in [0.2, 0.25) is 10.0 Å². The van der Waals surface area contributed by atoms with Crippen LogP contribution in [0, 0.1) is 5.92 Å². The van der Waals surface area contributed by atoms with Gasteiger partial charge in [0, 0.05) is 17.1 Å². The topological polar surface area (TPSA) is 66.5 Å². The fourth-order valence-electron chi connectivity index (χ4n) is 3.27. The van der Waals surface area contributed by atoms with E-state index in [0.29, 0.717) is 33.8 Å². The molecule has 1 atom stereocenters. The summed E-state index contributed by atoms with van der Waals surface area (Å²) in [6.07, 6.45) is 5.58. The van der Waals surface area contributed by atoms with E-state index in [4.69, 9.17) is 23.2 Å². The number of benzene rings is 2. The molecule has 0 radical (unpaired) electrons.